The molecule has 1 aliphatic heterocycles. The molecule has 0 aromatic rings. The zero-order valence-corrected chi connectivity index (χ0v) is 11.6. The molecule has 1 N–H and O–H groups in total. The highest BCUT2D eigenvalue weighted by molar-refractivity contribution is 5.77. The van der Waals surface area contributed by atoms with Gasteiger partial charge in [-0.3, -0.25) is 9.69 Å². The summed E-state index contributed by atoms with van der Waals surface area (Å²) < 4.78 is 5.36. The number of esters is 1. The highest BCUT2D eigenvalue weighted by Crippen LogP contribution is 2.29. The fourth-order valence-corrected chi connectivity index (χ4v) is 1.96. The lowest BCUT2D eigenvalue weighted by Crippen LogP contribution is -2.49. The smallest absolute Gasteiger partial charge is 0.316 e. The first kappa shape index (κ1) is 14.5. The van der Waals surface area contributed by atoms with Crippen molar-refractivity contribution in [2.24, 2.45) is 5.41 Å². The van der Waals surface area contributed by atoms with Gasteiger partial charge in [-0.15, -0.1) is 0 Å². The summed E-state index contributed by atoms with van der Waals surface area (Å²) >= 11 is 0. The minimum atomic E-state index is -0.891. The second kappa shape index (κ2) is 4.94. The first-order chi connectivity index (χ1) is 7.64. The standard InChI is InChI=1S/C13H25NO3/c1-12(2,3)17-11(16)13(4,5)10(15)14-8-6-7-9-14/h10,15H,6-9H2,1-5H3. The van der Waals surface area contributed by atoms with E-state index in [1.54, 1.807) is 13.8 Å². The van der Waals surface area contributed by atoms with E-state index in [4.69, 9.17) is 4.74 Å². The molecule has 1 unspecified atom stereocenters. The van der Waals surface area contributed by atoms with Gasteiger partial charge < -0.3 is 9.84 Å². The minimum Gasteiger partial charge on any atom is -0.459 e. The van der Waals surface area contributed by atoms with Crippen LogP contribution < -0.4 is 0 Å². The van der Waals surface area contributed by atoms with Crippen LogP contribution in [0, 0.1) is 5.41 Å². The molecule has 0 aliphatic carbocycles. The number of aliphatic hydroxyl groups excluding tert-OH is 1. The molecule has 100 valence electrons. The van der Waals surface area contributed by atoms with Crippen LogP contribution in [0.5, 0.6) is 0 Å². The van der Waals surface area contributed by atoms with Crippen molar-refractivity contribution in [2.75, 3.05) is 13.1 Å². The van der Waals surface area contributed by atoms with E-state index in [9.17, 15) is 9.90 Å². The molecule has 1 atom stereocenters. The fourth-order valence-electron chi connectivity index (χ4n) is 1.96. The van der Waals surface area contributed by atoms with Gasteiger partial charge in [0.15, 0.2) is 0 Å². The van der Waals surface area contributed by atoms with Crippen molar-refractivity contribution in [3.63, 3.8) is 0 Å². The number of carbonyl (C=O) groups is 1. The predicted octanol–water partition coefficient (Wildman–Crippen LogP) is 1.77. The number of hydrogen-bond donors (Lipinski definition) is 1. The van der Waals surface area contributed by atoms with E-state index in [-0.39, 0.29) is 5.97 Å². The van der Waals surface area contributed by atoms with Gasteiger partial charge in [0, 0.05) is 13.1 Å². The van der Waals surface area contributed by atoms with E-state index in [1.165, 1.54) is 0 Å². The highest BCUT2D eigenvalue weighted by atomic mass is 16.6. The summed E-state index contributed by atoms with van der Waals surface area (Å²) in [6.07, 6.45) is 1.41. The third kappa shape index (κ3) is 3.68. The zero-order chi connectivity index (χ0) is 13.3. The number of carbonyl (C=O) groups excluding carboxylic acids is 1. The van der Waals surface area contributed by atoms with Gasteiger partial charge in [0.2, 0.25) is 0 Å². The van der Waals surface area contributed by atoms with Gasteiger partial charge in [0.1, 0.15) is 17.2 Å². The van der Waals surface area contributed by atoms with Crippen LogP contribution in [0.1, 0.15) is 47.5 Å². The monoisotopic (exact) mass is 243 g/mol. The van der Waals surface area contributed by atoms with E-state index in [2.05, 4.69) is 0 Å². The molecule has 17 heavy (non-hydrogen) atoms. The highest BCUT2D eigenvalue weighted by Gasteiger charge is 2.42. The van der Waals surface area contributed by atoms with Crippen LogP contribution >= 0.6 is 0 Å². The van der Waals surface area contributed by atoms with Crippen LogP contribution in [0.3, 0.4) is 0 Å². The third-order valence-corrected chi connectivity index (χ3v) is 3.06. The summed E-state index contributed by atoms with van der Waals surface area (Å²) in [6, 6.07) is 0. The van der Waals surface area contributed by atoms with Crippen LogP contribution in [0.2, 0.25) is 0 Å². The number of hydrogen-bond acceptors (Lipinski definition) is 4. The molecule has 1 fully saturated rings. The number of rotatable bonds is 3. The summed E-state index contributed by atoms with van der Waals surface area (Å²) in [4.78, 5) is 14.0. The van der Waals surface area contributed by atoms with Gasteiger partial charge in [0.05, 0.1) is 0 Å². The van der Waals surface area contributed by atoms with Crippen molar-refractivity contribution < 1.29 is 14.6 Å². The number of ether oxygens (including phenoxy) is 1. The Morgan fingerprint density at radius 2 is 1.65 bits per heavy atom. The number of aliphatic hydroxyl groups is 1. The van der Waals surface area contributed by atoms with Gasteiger partial charge in [-0.2, -0.15) is 0 Å². The molecule has 0 spiro atoms. The van der Waals surface area contributed by atoms with E-state index in [0.29, 0.717) is 0 Å². The van der Waals surface area contributed by atoms with Crippen LogP contribution in [-0.2, 0) is 9.53 Å². The Morgan fingerprint density at radius 1 is 1.18 bits per heavy atom. The molecule has 4 heteroatoms. The van der Waals surface area contributed by atoms with Gasteiger partial charge in [-0.05, 0) is 47.5 Å². The maximum atomic E-state index is 12.1. The maximum Gasteiger partial charge on any atom is 0.316 e. The molecule has 1 aliphatic rings. The van der Waals surface area contributed by atoms with E-state index < -0.39 is 17.2 Å². The Bertz CT molecular complexity index is 275. The number of likely N-dealkylation sites (tertiary alicyclic amines) is 1. The maximum absolute atomic E-state index is 12.1. The molecule has 1 saturated heterocycles. The molecule has 1 rings (SSSR count). The predicted molar refractivity (Wildman–Crippen MR) is 66.4 cm³/mol. The molecular formula is C13H25NO3. The molecule has 0 aromatic carbocycles. The lowest BCUT2D eigenvalue weighted by atomic mass is 9.90. The largest absolute Gasteiger partial charge is 0.459 e. The Hall–Kier alpha value is -0.610. The van der Waals surface area contributed by atoms with Crippen LogP contribution in [0.4, 0.5) is 0 Å². The Labute approximate surface area is 104 Å². The van der Waals surface area contributed by atoms with Crippen molar-refractivity contribution in [2.45, 2.75) is 59.3 Å². The third-order valence-electron chi connectivity index (χ3n) is 3.06. The van der Waals surface area contributed by atoms with E-state index in [0.717, 1.165) is 25.9 Å². The molecule has 0 bridgehead atoms. The zero-order valence-electron chi connectivity index (χ0n) is 11.6. The van der Waals surface area contributed by atoms with Crippen molar-refractivity contribution in [3.8, 4) is 0 Å². The lowest BCUT2D eigenvalue weighted by Gasteiger charge is -2.36. The summed E-state index contributed by atoms with van der Waals surface area (Å²) in [5, 5.41) is 10.3. The minimum absolute atomic E-state index is 0.343. The Morgan fingerprint density at radius 3 is 2.06 bits per heavy atom. The number of nitrogens with zero attached hydrogens (tertiary/aromatic N) is 1. The second-order valence-electron chi connectivity index (χ2n) is 6.34. The van der Waals surface area contributed by atoms with Crippen LogP contribution in [0.25, 0.3) is 0 Å². The van der Waals surface area contributed by atoms with Gasteiger partial charge in [0.25, 0.3) is 0 Å². The van der Waals surface area contributed by atoms with Gasteiger partial charge in [-0.25, -0.2) is 0 Å². The van der Waals surface area contributed by atoms with Crippen molar-refractivity contribution in [3.05, 3.63) is 0 Å². The molecule has 0 amide bonds. The Kier molecular flexibility index (Phi) is 4.20. The first-order valence-corrected chi connectivity index (χ1v) is 6.30. The molecule has 0 aromatic heterocycles. The van der Waals surface area contributed by atoms with Gasteiger partial charge in [-0.1, -0.05) is 0 Å². The van der Waals surface area contributed by atoms with Crippen molar-refractivity contribution in [1.82, 2.24) is 4.90 Å². The molecular weight excluding hydrogens is 218 g/mol. The summed E-state index contributed by atoms with van der Waals surface area (Å²) in [6.45, 7) is 10.7. The molecule has 1 heterocycles. The quantitative estimate of drug-likeness (QED) is 0.767. The summed E-state index contributed by atoms with van der Waals surface area (Å²) in [5.41, 5.74) is -1.41. The van der Waals surface area contributed by atoms with E-state index >= 15 is 0 Å². The van der Waals surface area contributed by atoms with Crippen molar-refractivity contribution >= 4 is 5.97 Å². The first-order valence-electron chi connectivity index (χ1n) is 6.30. The van der Waals surface area contributed by atoms with Crippen molar-refractivity contribution in [1.29, 1.82) is 0 Å². The van der Waals surface area contributed by atoms with Crippen LogP contribution in [-0.4, -0.2) is 40.9 Å². The average Bonchev–Trinajstić information content (AvgIpc) is 2.66. The second-order valence-corrected chi connectivity index (χ2v) is 6.34. The fraction of sp³-hybridized carbons (Fsp3) is 0.923. The van der Waals surface area contributed by atoms with Gasteiger partial charge >= 0.3 is 5.97 Å². The molecule has 0 radical (unpaired) electrons. The lowest BCUT2D eigenvalue weighted by molar-refractivity contribution is -0.180. The average molecular weight is 243 g/mol. The van der Waals surface area contributed by atoms with Crippen LogP contribution in [0.15, 0.2) is 0 Å². The molecule has 4 nitrogen and oxygen atoms in total. The summed E-state index contributed by atoms with van der Waals surface area (Å²) in [5.74, 6) is -0.343. The normalized spacial score (nSPS) is 20.4. The Balaban J connectivity index is 2.68. The molecule has 0 saturated carbocycles. The van der Waals surface area contributed by atoms with E-state index in [1.807, 2.05) is 25.7 Å². The topological polar surface area (TPSA) is 49.8 Å². The SMILES string of the molecule is CC(C)(C)OC(=O)C(C)(C)C(O)N1CCCC1. The summed E-state index contributed by atoms with van der Waals surface area (Å²) in [7, 11) is 0.